The molecule has 2 aromatic rings. The van der Waals surface area contributed by atoms with Crippen LogP contribution in [-0.2, 0) is 16.0 Å². The van der Waals surface area contributed by atoms with Gasteiger partial charge in [-0.15, -0.1) is 0 Å². The van der Waals surface area contributed by atoms with Crippen molar-refractivity contribution in [2.75, 3.05) is 5.32 Å². The van der Waals surface area contributed by atoms with Crippen molar-refractivity contribution in [3.63, 3.8) is 0 Å². The lowest BCUT2D eigenvalue weighted by Crippen LogP contribution is -2.47. The molecule has 0 fully saturated rings. The molecule has 132 valence electrons. The number of benzene rings is 1. The van der Waals surface area contributed by atoms with Crippen molar-refractivity contribution in [3.8, 4) is 0 Å². The molecule has 0 aliphatic carbocycles. The minimum absolute atomic E-state index is 0.118. The fourth-order valence-electron chi connectivity index (χ4n) is 2.28. The van der Waals surface area contributed by atoms with Crippen LogP contribution in [-0.4, -0.2) is 23.8 Å². The summed E-state index contributed by atoms with van der Waals surface area (Å²) in [6, 6.07) is 9.21. The number of amides is 3. The number of furan rings is 1. The molecule has 4 N–H and O–H groups in total. The first-order valence-electron chi connectivity index (χ1n) is 7.89. The summed E-state index contributed by atoms with van der Waals surface area (Å²) in [6.45, 7) is 3.67. The van der Waals surface area contributed by atoms with Gasteiger partial charge < -0.3 is 20.8 Å². The summed E-state index contributed by atoms with van der Waals surface area (Å²) >= 11 is 0. The molecule has 7 heteroatoms. The van der Waals surface area contributed by atoms with E-state index < -0.39 is 17.9 Å². The van der Waals surface area contributed by atoms with Gasteiger partial charge in [0.15, 0.2) is 5.76 Å². The van der Waals surface area contributed by atoms with E-state index in [1.165, 1.54) is 12.3 Å². The summed E-state index contributed by atoms with van der Waals surface area (Å²) in [5, 5.41) is 5.42. The highest BCUT2D eigenvalue weighted by Gasteiger charge is 2.25. The highest BCUT2D eigenvalue weighted by Crippen LogP contribution is 2.13. The van der Waals surface area contributed by atoms with Crippen LogP contribution in [0.1, 0.15) is 30.0 Å². The minimum Gasteiger partial charge on any atom is -0.459 e. The van der Waals surface area contributed by atoms with E-state index >= 15 is 0 Å². The Morgan fingerprint density at radius 3 is 2.32 bits per heavy atom. The van der Waals surface area contributed by atoms with E-state index in [2.05, 4.69) is 10.6 Å². The Bertz CT molecular complexity index is 736. The van der Waals surface area contributed by atoms with Crippen LogP contribution in [0.25, 0.3) is 0 Å². The van der Waals surface area contributed by atoms with Crippen LogP contribution >= 0.6 is 0 Å². The van der Waals surface area contributed by atoms with E-state index in [4.69, 9.17) is 10.2 Å². The molecular formula is C18H21N3O4. The molecule has 0 aliphatic rings. The molecular weight excluding hydrogens is 322 g/mol. The largest absolute Gasteiger partial charge is 0.459 e. The van der Waals surface area contributed by atoms with Gasteiger partial charge in [-0.25, -0.2) is 0 Å². The van der Waals surface area contributed by atoms with Gasteiger partial charge in [0.05, 0.1) is 12.7 Å². The van der Waals surface area contributed by atoms with E-state index in [1.54, 1.807) is 30.3 Å². The lowest BCUT2D eigenvalue weighted by Gasteiger charge is -2.21. The molecule has 1 aromatic heterocycles. The molecule has 0 spiro atoms. The van der Waals surface area contributed by atoms with Crippen molar-refractivity contribution in [2.24, 2.45) is 11.7 Å². The maximum atomic E-state index is 12.5. The zero-order valence-electron chi connectivity index (χ0n) is 14.1. The SMILES string of the molecule is CC(C)C(NC(=O)c1ccco1)C(=O)Nc1ccc(CC(N)=O)cc1. The number of anilines is 1. The highest BCUT2D eigenvalue weighted by molar-refractivity contribution is 6.00. The smallest absolute Gasteiger partial charge is 0.287 e. The maximum absolute atomic E-state index is 12.5. The fraction of sp³-hybridized carbons (Fsp3) is 0.278. The predicted molar refractivity (Wildman–Crippen MR) is 92.8 cm³/mol. The Labute approximate surface area is 145 Å². The second-order valence-electron chi connectivity index (χ2n) is 6.00. The first-order chi connectivity index (χ1) is 11.9. The van der Waals surface area contributed by atoms with Crippen molar-refractivity contribution >= 4 is 23.4 Å². The molecule has 0 aliphatic heterocycles. The molecule has 1 heterocycles. The van der Waals surface area contributed by atoms with Crippen LogP contribution in [0.2, 0.25) is 0 Å². The number of hydrogen-bond donors (Lipinski definition) is 3. The van der Waals surface area contributed by atoms with Crippen LogP contribution in [0.5, 0.6) is 0 Å². The van der Waals surface area contributed by atoms with Gasteiger partial charge >= 0.3 is 0 Å². The zero-order chi connectivity index (χ0) is 18.4. The van der Waals surface area contributed by atoms with Crippen molar-refractivity contribution in [1.82, 2.24) is 5.32 Å². The average Bonchev–Trinajstić information content (AvgIpc) is 3.08. The average molecular weight is 343 g/mol. The van der Waals surface area contributed by atoms with Crippen LogP contribution in [0, 0.1) is 5.92 Å². The molecule has 0 radical (unpaired) electrons. The van der Waals surface area contributed by atoms with Crippen molar-refractivity contribution in [1.29, 1.82) is 0 Å². The van der Waals surface area contributed by atoms with Crippen LogP contribution < -0.4 is 16.4 Å². The third-order valence-corrected chi connectivity index (χ3v) is 3.58. The Morgan fingerprint density at radius 1 is 1.12 bits per heavy atom. The lowest BCUT2D eigenvalue weighted by atomic mass is 10.0. The summed E-state index contributed by atoms with van der Waals surface area (Å²) in [6.07, 6.45) is 1.54. The molecule has 1 unspecified atom stereocenters. The van der Waals surface area contributed by atoms with Crippen molar-refractivity contribution in [2.45, 2.75) is 26.3 Å². The Balaban J connectivity index is 2.02. The number of primary amides is 1. The molecule has 1 atom stereocenters. The van der Waals surface area contributed by atoms with Gasteiger partial charge in [0.2, 0.25) is 11.8 Å². The maximum Gasteiger partial charge on any atom is 0.287 e. The Morgan fingerprint density at radius 2 is 1.80 bits per heavy atom. The first kappa shape index (κ1) is 18.3. The summed E-state index contributed by atoms with van der Waals surface area (Å²) in [5.41, 5.74) is 6.47. The van der Waals surface area contributed by atoms with E-state index in [0.29, 0.717) is 5.69 Å². The van der Waals surface area contributed by atoms with Crippen molar-refractivity contribution in [3.05, 3.63) is 54.0 Å². The van der Waals surface area contributed by atoms with E-state index in [0.717, 1.165) is 5.56 Å². The normalized spacial score (nSPS) is 11.8. The quantitative estimate of drug-likeness (QED) is 0.710. The molecule has 2 rings (SSSR count). The second-order valence-corrected chi connectivity index (χ2v) is 6.00. The summed E-state index contributed by atoms with van der Waals surface area (Å²) in [5.74, 6) is -1.17. The first-order valence-corrected chi connectivity index (χ1v) is 7.89. The van der Waals surface area contributed by atoms with Crippen LogP contribution in [0.4, 0.5) is 5.69 Å². The monoisotopic (exact) mass is 343 g/mol. The number of nitrogens with two attached hydrogens (primary N) is 1. The van der Waals surface area contributed by atoms with Gasteiger partial charge in [-0.05, 0) is 35.7 Å². The van der Waals surface area contributed by atoms with Crippen LogP contribution in [0.15, 0.2) is 47.1 Å². The van der Waals surface area contributed by atoms with E-state index in [-0.39, 0.29) is 24.0 Å². The second kappa shape index (κ2) is 8.14. The summed E-state index contributed by atoms with van der Waals surface area (Å²) in [7, 11) is 0. The minimum atomic E-state index is -0.720. The number of carbonyl (C=O) groups excluding carboxylic acids is 3. The third kappa shape index (κ3) is 5.20. The predicted octanol–water partition coefficient (Wildman–Crippen LogP) is 1.70. The molecule has 7 nitrogen and oxygen atoms in total. The number of hydrogen-bond acceptors (Lipinski definition) is 4. The van der Waals surface area contributed by atoms with Crippen molar-refractivity contribution < 1.29 is 18.8 Å². The Kier molecular flexibility index (Phi) is 5.94. The van der Waals surface area contributed by atoms with Gasteiger partial charge in [-0.1, -0.05) is 26.0 Å². The molecule has 3 amide bonds. The van der Waals surface area contributed by atoms with Gasteiger partial charge in [-0.2, -0.15) is 0 Å². The van der Waals surface area contributed by atoms with Gasteiger partial charge in [0.25, 0.3) is 5.91 Å². The third-order valence-electron chi connectivity index (χ3n) is 3.58. The molecule has 25 heavy (non-hydrogen) atoms. The summed E-state index contributed by atoms with van der Waals surface area (Å²) < 4.78 is 5.04. The zero-order valence-corrected chi connectivity index (χ0v) is 14.1. The van der Waals surface area contributed by atoms with Gasteiger partial charge in [0, 0.05) is 5.69 Å². The van der Waals surface area contributed by atoms with Crippen LogP contribution in [0.3, 0.4) is 0 Å². The number of carbonyl (C=O) groups is 3. The molecule has 0 saturated heterocycles. The molecule has 1 aromatic carbocycles. The van der Waals surface area contributed by atoms with E-state index in [1.807, 2.05) is 13.8 Å². The number of nitrogens with one attached hydrogen (secondary N) is 2. The topological polar surface area (TPSA) is 114 Å². The number of rotatable bonds is 7. The highest BCUT2D eigenvalue weighted by atomic mass is 16.3. The summed E-state index contributed by atoms with van der Waals surface area (Å²) in [4.78, 5) is 35.5. The van der Waals surface area contributed by atoms with E-state index in [9.17, 15) is 14.4 Å². The Hall–Kier alpha value is -3.09. The van der Waals surface area contributed by atoms with Gasteiger partial charge in [0.1, 0.15) is 6.04 Å². The lowest BCUT2D eigenvalue weighted by molar-refractivity contribution is -0.119. The molecule has 0 saturated carbocycles. The van der Waals surface area contributed by atoms with Gasteiger partial charge in [-0.3, -0.25) is 14.4 Å². The standard InChI is InChI=1S/C18H21N3O4/c1-11(2)16(21-17(23)14-4-3-9-25-14)18(24)20-13-7-5-12(6-8-13)10-15(19)22/h3-9,11,16H,10H2,1-2H3,(H2,19,22)(H,20,24)(H,21,23). The fourth-order valence-corrected chi connectivity index (χ4v) is 2.28. The molecule has 0 bridgehead atoms.